The molecule has 2 aromatic rings. The van der Waals surface area contributed by atoms with Gasteiger partial charge in [-0.2, -0.15) is 0 Å². The number of hydrogen-bond acceptors (Lipinski definition) is 7. The van der Waals surface area contributed by atoms with E-state index in [1.54, 1.807) is 18.2 Å². The Morgan fingerprint density at radius 3 is 2.32 bits per heavy atom. The highest BCUT2D eigenvalue weighted by Crippen LogP contribution is 2.40. The highest BCUT2D eigenvalue weighted by Gasteiger charge is 2.55. The Labute approximate surface area is 163 Å². The highest BCUT2D eigenvalue weighted by atomic mass is 16.7. The lowest BCUT2D eigenvalue weighted by Gasteiger charge is -2.47. The Balaban J connectivity index is 2.00. The van der Waals surface area contributed by atoms with Gasteiger partial charge in [0.1, 0.15) is 30.2 Å². The predicted octanol–water partition coefficient (Wildman–Crippen LogP) is 0.564. The van der Waals surface area contributed by atoms with Crippen molar-refractivity contribution in [3.63, 3.8) is 0 Å². The molecule has 7 nitrogen and oxygen atoms in total. The number of rotatable bonds is 5. The minimum absolute atomic E-state index is 0.189. The molecule has 0 bridgehead atoms. The Hall–Kier alpha value is -2.00. The maximum atomic E-state index is 10.6. The average molecular weight is 390 g/mol. The van der Waals surface area contributed by atoms with Gasteiger partial charge in [0.05, 0.1) is 6.61 Å². The van der Waals surface area contributed by atoms with Crippen molar-refractivity contribution < 1.29 is 35.0 Å². The van der Waals surface area contributed by atoms with Gasteiger partial charge in [-0.1, -0.05) is 24.3 Å². The van der Waals surface area contributed by atoms with Crippen LogP contribution in [0, 0.1) is 6.92 Å². The smallest absolute Gasteiger partial charge is 0.224 e. The summed E-state index contributed by atoms with van der Waals surface area (Å²) in [6, 6.07) is 12.3. The van der Waals surface area contributed by atoms with Crippen LogP contribution in [0.3, 0.4) is 0 Å². The molecule has 0 amide bonds. The Bertz CT molecular complexity index is 805. The zero-order valence-corrected chi connectivity index (χ0v) is 15.8. The van der Waals surface area contributed by atoms with Crippen molar-refractivity contribution in [3.8, 4) is 5.75 Å². The minimum Gasteiger partial charge on any atom is -0.508 e. The molecule has 152 valence electrons. The minimum atomic E-state index is -1.73. The number of hydrogen-bond donors (Lipinski definition) is 5. The highest BCUT2D eigenvalue weighted by molar-refractivity contribution is 5.39. The third-order valence-corrected chi connectivity index (χ3v) is 5.34. The Morgan fingerprint density at radius 2 is 1.71 bits per heavy atom. The third kappa shape index (κ3) is 3.65. The molecule has 3 rings (SSSR count). The van der Waals surface area contributed by atoms with Gasteiger partial charge in [0.15, 0.2) is 0 Å². The molecule has 2 aromatic carbocycles. The standard InChI is InChI=1S/C21H26O7/c1-12-3-6-15(10-14(12)9-13-4-7-16(23)8-5-13)21(27-2)20(26)19(25)18(24)17(11-22)28-21/h3-8,10,17-20,22-26H,9,11H2,1-2H3/t17-,18-,19+,20-,21?/m1/s1. The van der Waals surface area contributed by atoms with Gasteiger partial charge in [0.25, 0.3) is 0 Å². The van der Waals surface area contributed by atoms with E-state index in [-0.39, 0.29) is 5.75 Å². The van der Waals surface area contributed by atoms with E-state index in [1.807, 2.05) is 31.2 Å². The van der Waals surface area contributed by atoms with Gasteiger partial charge in [-0.05, 0) is 48.2 Å². The second-order valence-electron chi connectivity index (χ2n) is 7.12. The number of ether oxygens (including phenoxy) is 2. The maximum absolute atomic E-state index is 10.6. The van der Waals surface area contributed by atoms with E-state index in [0.29, 0.717) is 12.0 Å². The van der Waals surface area contributed by atoms with E-state index < -0.39 is 36.8 Å². The maximum Gasteiger partial charge on any atom is 0.224 e. The van der Waals surface area contributed by atoms with Crippen molar-refractivity contribution in [1.29, 1.82) is 0 Å². The molecule has 1 unspecified atom stereocenters. The molecule has 5 N–H and O–H groups in total. The zero-order chi connectivity index (χ0) is 20.5. The second-order valence-corrected chi connectivity index (χ2v) is 7.12. The molecule has 0 saturated carbocycles. The van der Waals surface area contributed by atoms with Crippen LogP contribution in [-0.4, -0.2) is 63.7 Å². The lowest BCUT2D eigenvalue weighted by Crippen LogP contribution is -2.64. The first-order chi connectivity index (χ1) is 13.3. The quantitative estimate of drug-likeness (QED) is 0.506. The summed E-state index contributed by atoms with van der Waals surface area (Å²) in [6.45, 7) is 1.41. The summed E-state index contributed by atoms with van der Waals surface area (Å²) in [6.07, 6.45) is -5.08. The molecule has 1 heterocycles. The number of methoxy groups -OCH3 is 1. The van der Waals surface area contributed by atoms with Crippen molar-refractivity contribution >= 4 is 0 Å². The number of aryl methyl sites for hydroxylation is 1. The fraction of sp³-hybridized carbons (Fsp3) is 0.429. The molecular formula is C21H26O7. The molecule has 0 aliphatic carbocycles. The molecule has 1 fully saturated rings. The van der Waals surface area contributed by atoms with Gasteiger partial charge in [0, 0.05) is 12.7 Å². The van der Waals surface area contributed by atoms with Crippen molar-refractivity contribution in [2.75, 3.05) is 13.7 Å². The van der Waals surface area contributed by atoms with Gasteiger partial charge in [-0.3, -0.25) is 0 Å². The summed E-state index contributed by atoms with van der Waals surface area (Å²) in [4.78, 5) is 0. The number of aromatic hydroxyl groups is 1. The van der Waals surface area contributed by atoms with E-state index in [4.69, 9.17) is 9.47 Å². The zero-order valence-electron chi connectivity index (χ0n) is 15.8. The summed E-state index contributed by atoms with van der Waals surface area (Å²) >= 11 is 0. The predicted molar refractivity (Wildman–Crippen MR) is 101 cm³/mol. The third-order valence-electron chi connectivity index (χ3n) is 5.34. The first kappa shape index (κ1) is 20.7. The molecule has 1 saturated heterocycles. The molecule has 5 atom stereocenters. The molecule has 1 aliphatic heterocycles. The molecule has 28 heavy (non-hydrogen) atoms. The summed E-state index contributed by atoms with van der Waals surface area (Å²) < 4.78 is 11.3. The van der Waals surface area contributed by atoms with Gasteiger partial charge in [-0.15, -0.1) is 0 Å². The molecule has 7 heteroatoms. The number of aliphatic hydroxyl groups is 4. The molecular weight excluding hydrogens is 364 g/mol. The van der Waals surface area contributed by atoms with Gasteiger partial charge < -0.3 is 35.0 Å². The average Bonchev–Trinajstić information content (AvgIpc) is 2.70. The van der Waals surface area contributed by atoms with Crippen molar-refractivity contribution in [3.05, 3.63) is 64.7 Å². The molecule has 0 spiro atoms. The fourth-order valence-corrected chi connectivity index (χ4v) is 3.58. The van der Waals surface area contributed by atoms with Crippen LogP contribution < -0.4 is 0 Å². The van der Waals surface area contributed by atoms with E-state index in [0.717, 1.165) is 16.7 Å². The number of benzene rings is 2. The van der Waals surface area contributed by atoms with Crippen molar-refractivity contribution in [2.24, 2.45) is 0 Å². The topological polar surface area (TPSA) is 120 Å². The lowest BCUT2D eigenvalue weighted by atomic mass is 9.86. The number of phenolic OH excluding ortho intramolecular Hbond substituents is 1. The first-order valence-electron chi connectivity index (χ1n) is 9.08. The van der Waals surface area contributed by atoms with Crippen molar-refractivity contribution in [1.82, 2.24) is 0 Å². The Morgan fingerprint density at radius 1 is 1.04 bits per heavy atom. The van der Waals surface area contributed by atoms with E-state index >= 15 is 0 Å². The van der Waals surface area contributed by atoms with Gasteiger partial charge in [-0.25, -0.2) is 0 Å². The summed E-state index contributed by atoms with van der Waals surface area (Å²) in [5.74, 6) is -1.54. The van der Waals surface area contributed by atoms with Crippen LogP contribution >= 0.6 is 0 Å². The summed E-state index contributed by atoms with van der Waals surface area (Å²) in [5, 5.41) is 49.9. The number of phenols is 1. The van der Waals surface area contributed by atoms with E-state index in [1.165, 1.54) is 7.11 Å². The SMILES string of the molecule is COC1(c2ccc(C)c(Cc3ccc(O)cc3)c2)O[C@H](CO)[C@@H](O)[C@H](O)[C@H]1O. The van der Waals surface area contributed by atoms with Crippen LogP contribution in [-0.2, 0) is 21.7 Å². The molecule has 0 radical (unpaired) electrons. The normalized spacial score (nSPS) is 30.4. The van der Waals surface area contributed by atoms with Crippen LogP contribution in [0.2, 0.25) is 0 Å². The fourth-order valence-electron chi connectivity index (χ4n) is 3.58. The molecule has 1 aliphatic rings. The first-order valence-corrected chi connectivity index (χ1v) is 9.08. The Kier molecular flexibility index (Phi) is 6.04. The molecule has 0 aromatic heterocycles. The van der Waals surface area contributed by atoms with Crippen LogP contribution in [0.25, 0.3) is 0 Å². The number of aliphatic hydroxyl groups excluding tert-OH is 4. The summed E-state index contributed by atoms with van der Waals surface area (Å²) in [7, 11) is 1.33. The van der Waals surface area contributed by atoms with Crippen LogP contribution in [0.4, 0.5) is 0 Å². The monoisotopic (exact) mass is 390 g/mol. The van der Waals surface area contributed by atoms with Crippen LogP contribution in [0.1, 0.15) is 22.3 Å². The summed E-state index contributed by atoms with van der Waals surface area (Å²) in [5.41, 5.74) is 3.40. The van der Waals surface area contributed by atoms with Crippen LogP contribution in [0.5, 0.6) is 5.75 Å². The lowest BCUT2D eigenvalue weighted by molar-refractivity contribution is -0.366. The van der Waals surface area contributed by atoms with Gasteiger partial charge in [0.2, 0.25) is 5.79 Å². The van der Waals surface area contributed by atoms with E-state index in [9.17, 15) is 25.5 Å². The van der Waals surface area contributed by atoms with Gasteiger partial charge >= 0.3 is 0 Å². The van der Waals surface area contributed by atoms with Crippen LogP contribution in [0.15, 0.2) is 42.5 Å². The van der Waals surface area contributed by atoms with E-state index in [2.05, 4.69) is 0 Å². The van der Waals surface area contributed by atoms with Crippen molar-refractivity contribution in [2.45, 2.75) is 43.5 Å². The largest absolute Gasteiger partial charge is 0.508 e. The second kappa shape index (κ2) is 8.16.